The van der Waals surface area contributed by atoms with Gasteiger partial charge in [-0.3, -0.25) is 4.79 Å². The first-order valence-corrected chi connectivity index (χ1v) is 11.6. The lowest BCUT2D eigenvalue weighted by molar-refractivity contribution is 0.0681. The molecule has 0 aliphatic carbocycles. The minimum Gasteiger partial charge on any atom is -0.497 e. The Balaban J connectivity index is 3.11. The standard InChI is InChI=1S/C25H43NO3/c1-7-11-13-20(9-3)18-26(19-21(10-4)14-12-8-2)25(27)23-16-15-22(28-5)17-24(23)29-6/h15-17,20-21H,7-14,18-19H2,1-6H3. The molecule has 0 aliphatic rings. The van der Waals surface area contributed by atoms with Crippen LogP contribution in [0, 0.1) is 11.8 Å². The maximum atomic E-state index is 13.6. The number of methoxy groups -OCH3 is 2. The molecule has 4 heteroatoms. The quantitative estimate of drug-likeness (QED) is 0.331. The lowest BCUT2D eigenvalue weighted by atomic mass is 9.95. The number of hydrogen-bond donors (Lipinski definition) is 0. The van der Waals surface area contributed by atoms with Crippen LogP contribution in [0.15, 0.2) is 18.2 Å². The Morgan fingerprint density at radius 1 is 0.897 bits per heavy atom. The molecule has 0 N–H and O–H groups in total. The van der Waals surface area contributed by atoms with Gasteiger partial charge in [0, 0.05) is 19.2 Å². The minimum absolute atomic E-state index is 0.0781. The first-order chi connectivity index (χ1) is 14.0. The van der Waals surface area contributed by atoms with Crippen LogP contribution >= 0.6 is 0 Å². The first kappa shape index (κ1) is 25.3. The zero-order chi connectivity index (χ0) is 21.6. The lowest BCUT2D eigenvalue weighted by Gasteiger charge is -2.31. The molecule has 1 aromatic carbocycles. The molecule has 2 unspecified atom stereocenters. The van der Waals surface area contributed by atoms with Crippen molar-refractivity contribution in [2.75, 3.05) is 27.3 Å². The normalized spacial score (nSPS) is 13.0. The second kappa shape index (κ2) is 14.3. The second-order valence-electron chi connectivity index (χ2n) is 8.11. The van der Waals surface area contributed by atoms with Crippen LogP contribution in [-0.4, -0.2) is 38.1 Å². The van der Waals surface area contributed by atoms with E-state index in [4.69, 9.17) is 9.47 Å². The Hall–Kier alpha value is -1.71. The zero-order valence-corrected chi connectivity index (χ0v) is 19.6. The fourth-order valence-corrected chi connectivity index (χ4v) is 3.84. The molecule has 0 saturated heterocycles. The van der Waals surface area contributed by atoms with Crippen molar-refractivity contribution in [1.29, 1.82) is 0 Å². The third kappa shape index (κ3) is 8.28. The van der Waals surface area contributed by atoms with Gasteiger partial charge in [-0.1, -0.05) is 66.2 Å². The van der Waals surface area contributed by atoms with Crippen LogP contribution in [-0.2, 0) is 0 Å². The monoisotopic (exact) mass is 405 g/mol. The van der Waals surface area contributed by atoms with Gasteiger partial charge in [0.05, 0.1) is 19.8 Å². The van der Waals surface area contributed by atoms with Gasteiger partial charge in [0.1, 0.15) is 11.5 Å². The van der Waals surface area contributed by atoms with E-state index in [0.29, 0.717) is 28.9 Å². The van der Waals surface area contributed by atoms with Gasteiger partial charge in [0.25, 0.3) is 5.91 Å². The van der Waals surface area contributed by atoms with Crippen LogP contribution in [0.4, 0.5) is 0 Å². The highest BCUT2D eigenvalue weighted by Crippen LogP contribution is 2.28. The van der Waals surface area contributed by atoms with Gasteiger partial charge in [-0.25, -0.2) is 0 Å². The van der Waals surface area contributed by atoms with Crippen LogP contribution < -0.4 is 9.47 Å². The number of carbonyl (C=O) groups excluding carboxylic acids is 1. The van der Waals surface area contributed by atoms with E-state index in [-0.39, 0.29) is 5.91 Å². The number of amides is 1. The third-order valence-corrected chi connectivity index (χ3v) is 5.97. The molecule has 1 rings (SSSR count). The van der Waals surface area contributed by atoms with Crippen LogP contribution in [0.5, 0.6) is 11.5 Å². The fourth-order valence-electron chi connectivity index (χ4n) is 3.84. The molecule has 29 heavy (non-hydrogen) atoms. The number of carbonyl (C=O) groups is 1. The summed E-state index contributed by atoms with van der Waals surface area (Å²) in [6, 6.07) is 5.48. The maximum absolute atomic E-state index is 13.6. The summed E-state index contributed by atoms with van der Waals surface area (Å²) >= 11 is 0. The third-order valence-electron chi connectivity index (χ3n) is 5.97. The average Bonchev–Trinajstić information content (AvgIpc) is 2.76. The van der Waals surface area contributed by atoms with E-state index in [9.17, 15) is 4.79 Å². The summed E-state index contributed by atoms with van der Waals surface area (Å²) < 4.78 is 10.8. The number of ether oxygens (including phenoxy) is 2. The number of unbranched alkanes of at least 4 members (excludes halogenated alkanes) is 2. The summed E-state index contributed by atoms with van der Waals surface area (Å²) in [7, 11) is 3.24. The van der Waals surface area contributed by atoms with Crippen molar-refractivity contribution in [2.45, 2.75) is 79.1 Å². The van der Waals surface area contributed by atoms with Gasteiger partial charge in [0.15, 0.2) is 0 Å². The molecule has 166 valence electrons. The molecule has 2 atom stereocenters. The Morgan fingerprint density at radius 3 is 1.86 bits per heavy atom. The van der Waals surface area contributed by atoms with E-state index in [1.807, 2.05) is 12.1 Å². The van der Waals surface area contributed by atoms with E-state index >= 15 is 0 Å². The lowest BCUT2D eigenvalue weighted by Crippen LogP contribution is -2.39. The van der Waals surface area contributed by atoms with Crippen molar-refractivity contribution in [3.05, 3.63) is 23.8 Å². The van der Waals surface area contributed by atoms with Crippen molar-refractivity contribution in [1.82, 2.24) is 4.90 Å². The molecular formula is C25H43NO3. The maximum Gasteiger partial charge on any atom is 0.257 e. The molecule has 0 fully saturated rings. The van der Waals surface area contributed by atoms with E-state index < -0.39 is 0 Å². The molecule has 0 spiro atoms. The molecular weight excluding hydrogens is 362 g/mol. The highest BCUT2D eigenvalue weighted by atomic mass is 16.5. The summed E-state index contributed by atoms with van der Waals surface area (Å²) in [6.45, 7) is 10.6. The smallest absolute Gasteiger partial charge is 0.257 e. The molecule has 0 bridgehead atoms. The molecule has 0 saturated carbocycles. The number of rotatable bonds is 15. The number of benzene rings is 1. The minimum atomic E-state index is 0.0781. The molecule has 0 heterocycles. The van der Waals surface area contributed by atoms with E-state index in [1.54, 1.807) is 20.3 Å². The molecule has 1 amide bonds. The molecule has 0 aliphatic heterocycles. The topological polar surface area (TPSA) is 38.8 Å². The van der Waals surface area contributed by atoms with E-state index in [1.165, 1.54) is 38.5 Å². The predicted molar refractivity (Wildman–Crippen MR) is 122 cm³/mol. The van der Waals surface area contributed by atoms with Crippen LogP contribution in [0.1, 0.15) is 89.4 Å². The van der Waals surface area contributed by atoms with Gasteiger partial charge >= 0.3 is 0 Å². The zero-order valence-electron chi connectivity index (χ0n) is 19.6. The van der Waals surface area contributed by atoms with Gasteiger partial charge in [0.2, 0.25) is 0 Å². The summed E-state index contributed by atoms with van der Waals surface area (Å²) in [6.07, 6.45) is 9.42. The van der Waals surface area contributed by atoms with Crippen molar-refractivity contribution >= 4 is 5.91 Å². The van der Waals surface area contributed by atoms with Crippen LogP contribution in [0.25, 0.3) is 0 Å². The average molecular weight is 406 g/mol. The Bertz CT molecular complexity index is 569. The highest BCUT2D eigenvalue weighted by molar-refractivity contribution is 5.97. The van der Waals surface area contributed by atoms with Gasteiger partial charge < -0.3 is 14.4 Å². The van der Waals surface area contributed by atoms with Crippen molar-refractivity contribution < 1.29 is 14.3 Å². The Morgan fingerprint density at radius 2 is 1.45 bits per heavy atom. The summed E-state index contributed by atoms with van der Waals surface area (Å²) in [4.78, 5) is 15.7. The number of hydrogen-bond acceptors (Lipinski definition) is 3. The molecule has 0 aromatic heterocycles. The predicted octanol–water partition coefficient (Wildman–Crippen LogP) is 6.58. The molecule has 4 nitrogen and oxygen atoms in total. The Kier molecular flexibility index (Phi) is 12.5. The summed E-state index contributed by atoms with van der Waals surface area (Å²) in [5, 5.41) is 0. The highest BCUT2D eigenvalue weighted by Gasteiger charge is 2.25. The summed E-state index contributed by atoms with van der Waals surface area (Å²) in [5.41, 5.74) is 0.629. The number of nitrogens with zero attached hydrogens (tertiary/aromatic N) is 1. The van der Waals surface area contributed by atoms with Crippen molar-refractivity contribution in [2.24, 2.45) is 11.8 Å². The second-order valence-corrected chi connectivity index (χ2v) is 8.11. The largest absolute Gasteiger partial charge is 0.497 e. The van der Waals surface area contributed by atoms with Gasteiger partial charge in [-0.2, -0.15) is 0 Å². The Labute approximate surface area is 179 Å². The van der Waals surface area contributed by atoms with Crippen LogP contribution in [0.2, 0.25) is 0 Å². The van der Waals surface area contributed by atoms with Gasteiger partial charge in [-0.05, 0) is 36.8 Å². The van der Waals surface area contributed by atoms with Crippen molar-refractivity contribution in [3.63, 3.8) is 0 Å². The first-order valence-electron chi connectivity index (χ1n) is 11.6. The summed E-state index contributed by atoms with van der Waals surface area (Å²) in [5.74, 6) is 2.46. The van der Waals surface area contributed by atoms with Gasteiger partial charge in [-0.15, -0.1) is 0 Å². The fraction of sp³-hybridized carbons (Fsp3) is 0.720. The van der Waals surface area contributed by atoms with Crippen molar-refractivity contribution in [3.8, 4) is 11.5 Å². The van der Waals surface area contributed by atoms with Crippen LogP contribution in [0.3, 0.4) is 0 Å². The molecule has 1 aromatic rings. The van der Waals surface area contributed by atoms with E-state index in [2.05, 4.69) is 32.6 Å². The molecule has 0 radical (unpaired) electrons. The van der Waals surface area contributed by atoms with E-state index in [0.717, 1.165) is 25.9 Å². The SMILES string of the molecule is CCCCC(CC)CN(CC(CC)CCCC)C(=O)c1ccc(OC)cc1OC.